The minimum Gasteiger partial charge on any atom is -0.508 e. The van der Waals surface area contributed by atoms with Crippen molar-refractivity contribution in [2.45, 2.75) is 25.9 Å². The first-order valence-corrected chi connectivity index (χ1v) is 5.15. The van der Waals surface area contributed by atoms with E-state index in [0.717, 1.165) is 11.1 Å². The van der Waals surface area contributed by atoms with E-state index in [4.69, 9.17) is 5.26 Å². The van der Waals surface area contributed by atoms with Crippen molar-refractivity contribution in [2.24, 2.45) is 0 Å². The molecule has 1 aromatic carbocycles. The van der Waals surface area contributed by atoms with Gasteiger partial charge in [-0.15, -0.1) is 0 Å². The number of phenols is 1. The lowest BCUT2D eigenvalue weighted by molar-refractivity contribution is 0.341. The third-order valence-electron chi connectivity index (χ3n) is 2.28. The Labute approximate surface area is 94.6 Å². The number of hydrogen-bond acceptors (Lipinski definition) is 2. The highest BCUT2D eigenvalue weighted by molar-refractivity contribution is 5.57. The number of aryl methyl sites for hydroxylation is 1. The van der Waals surface area contributed by atoms with Gasteiger partial charge in [0.25, 0.3) is 0 Å². The van der Waals surface area contributed by atoms with Gasteiger partial charge < -0.3 is 5.11 Å². The topological polar surface area (TPSA) is 44.0 Å². The molecule has 0 heterocycles. The van der Waals surface area contributed by atoms with E-state index in [9.17, 15) is 9.50 Å². The van der Waals surface area contributed by atoms with E-state index >= 15 is 0 Å². The first-order valence-electron chi connectivity index (χ1n) is 5.15. The lowest BCUT2D eigenvalue weighted by Gasteiger charge is -2.07. The number of hydrogen-bond donors (Lipinski definition) is 1. The smallest absolute Gasteiger partial charge is 0.115 e. The molecule has 1 unspecified atom stereocenters. The van der Waals surface area contributed by atoms with Gasteiger partial charge in [0.15, 0.2) is 0 Å². The minimum atomic E-state index is -0.866. The first kappa shape index (κ1) is 12.3. The van der Waals surface area contributed by atoms with Crippen LogP contribution in [0.3, 0.4) is 0 Å². The Bertz CT molecular complexity index is 418. The van der Waals surface area contributed by atoms with E-state index in [2.05, 4.69) is 0 Å². The molecule has 0 aromatic heterocycles. The van der Waals surface area contributed by atoms with Crippen LogP contribution in [0.15, 0.2) is 24.3 Å². The summed E-state index contributed by atoms with van der Waals surface area (Å²) in [6.07, 6.45) is 3.13. The molecule has 1 aromatic rings. The Balaban J connectivity index is 2.90. The molecule has 84 valence electrons. The van der Waals surface area contributed by atoms with E-state index in [-0.39, 0.29) is 5.75 Å². The van der Waals surface area contributed by atoms with Crippen molar-refractivity contribution in [3.05, 3.63) is 35.4 Å². The second-order valence-electron chi connectivity index (χ2n) is 3.66. The molecule has 0 amide bonds. The fourth-order valence-corrected chi connectivity index (χ4v) is 1.45. The van der Waals surface area contributed by atoms with Crippen LogP contribution >= 0.6 is 0 Å². The molecule has 0 bridgehead atoms. The Morgan fingerprint density at radius 3 is 2.94 bits per heavy atom. The van der Waals surface area contributed by atoms with Gasteiger partial charge in [-0.3, -0.25) is 0 Å². The van der Waals surface area contributed by atoms with E-state index in [1.54, 1.807) is 24.3 Å². The number of aromatic hydroxyl groups is 1. The number of nitriles is 1. The molecule has 2 nitrogen and oxygen atoms in total. The van der Waals surface area contributed by atoms with Crippen molar-refractivity contribution in [3.63, 3.8) is 0 Å². The number of alkyl halides is 1. The number of rotatable bonds is 4. The van der Waals surface area contributed by atoms with Crippen LogP contribution in [0.4, 0.5) is 4.39 Å². The molecule has 0 spiro atoms. The molecule has 0 aliphatic heterocycles. The van der Waals surface area contributed by atoms with E-state index in [0.29, 0.717) is 12.8 Å². The van der Waals surface area contributed by atoms with Gasteiger partial charge in [-0.05, 0) is 49.1 Å². The van der Waals surface area contributed by atoms with Crippen molar-refractivity contribution in [3.8, 4) is 11.8 Å². The number of allylic oxidation sites excluding steroid dienone is 1. The fourth-order valence-electron chi connectivity index (χ4n) is 1.45. The van der Waals surface area contributed by atoms with E-state index in [1.165, 1.54) is 13.0 Å². The van der Waals surface area contributed by atoms with Crippen LogP contribution in [0.1, 0.15) is 24.5 Å². The van der Waals surface area contributed by atoms with Gasteiger partial charge in [0, 0.05) is 6.08 Å². The molecule has 0 aliphatic rings. The minimum absolute atomic E-state index is 0.163. The third-order valence-corrected chi connectivity index (χ3v) is 2.28. The molecular weight excluding hydrogens is 205 g/mol. The van der Waals surface area contributed by atoms with Crippen LogP contribution in [0.2, 0.25) is 0 Å². The molecule has 0 aliphatic carbocycles. The molecule has 16 heavy (non-hydrogen) atoms. The predicted octanol–water partition coefficient (Wildman–Crippen LogP) is 3.22. The van der Waals surface area contributed by atoms with Crippen molar-refractivity contribution < 1.29 is 9.50 Å². The summed E-state index contributed by atoms with van der Waals surface area (Å²) < 4.78 is 12.7. The Morgan fingerprint density at radius 1 is 1.56 bits per heavy atom. The van der Waals surface area contributed by atoms with E-state index in [1.807, 2.05) is 6.07 Å². The van der Waals surface area contributed by atoms with Crippen molar-refractivity contribution in [1.82, 2.24) is 0 Å². The largest absolute Gasteiger partial charge is 0.508 e. The van der Waals surface area contributed by atoms with Gasteiger partial charge in [-0.2, -0.15) is 5.26 Å². The van der Waals surface area contributed by atoms with Crippen LogP contribution in [-0.2, 0) is 6.42 Å². The van der Waals surface area contributed by atoms with Crippen LogP contribution in [0.25, 0.3) is 6.08 Å². The first-order chi connectivity index (χ1) is 7.63. The highest BCUT2D eigenvalue weighted by Gasteiger charge is 2.04. The molecular formula is C13H14FNO. The van der Waals surface area contributed by atoms with Crippen LogP contribution < -0.4 is 0 Å². The zero-order valence-corrected chi connectivity index (χ0v) is 9.15. The van der Waals surface area contributed by atoms with Crippen molar-refractivity contribution in [1.29, 1.82) is 5.26 Å². The summed E-state index contributed by atoms with van der Waals surface area (Å²) in [5.74, 6) is 0.163. The van der Waals surface area contributed by atoms with Gasteiger partial charge >= 0.3 is 0 Å². The monoisotopic (exact) mass is 219 g/mol. The number of nitrogens with zero attached hydrogens (tertiary/aromatic N) is 1. The summed E-state index contributed by atoms with van der Waals surface area (Å²) in [6, 6.07) is 6.79. The molecule has 0 saturated heterocycles. The quantitative estimate of drug-likeness (QED) is 0.790. The highest BCUT2D eigenvalue weighted by Crippen LogP contribution is 2.20. The molecule has 1 atom stereocenters. The average Bonchev–Trinajstić information content (AvgIpc) is 2.25. The van der Waals surface area contributed by atoms with Crippen LogP contribution in [-0.4, -0.2) is 11.3 Å². The maximum Gasteiger partial charge on any atom is 0.115 e. The summed E-state index contributed by atoms with van der Waals surface area (Å²) in [5, 5.41) is 17.8. The normalized spacial score (nSPS) is 12.6. The Kier molecular flexibility index (Phi) is 4.53. The lowest BCUT2D eigenvalue weighted by atomic mass is 10.0. The van der Waals surface area contributed by atoms with Crippen LogP contribution in [0.5, 0.6) is 5.75 Å². The SMILES string of the molecule is CC(F)CCc1cc(O)ccc1C=CC#N. The van der Waals surface area contributed by atoms with Gasteiger partial charge in [0.2, 0.25) is 0 Å². The van der Waals surface area contributed by atoms with Gasteiger partial charge in [-0.1, -0.05) is 6.07 Å². The van der Waals surface area contributed by atoms with Crippen molar-refractivity contribution >= 4 is 6.08 Å². The fraction of sp³-hybridized carbons (Fsp3) is 0.308. The molecule has 3 heteroatoms. The standard InChI is InChI=1S/C13H14FNO/c1-10(14)4-5-12-9-13(16)7-6-11(12)3-2-8-15/h2-3,6-7,9-10,16H,4-5H2,1H3. The van der Waals surface area contributed by atoms with Gasteiger partial charge in [-0.25, -0.2) is 4.39 Å². The number of benzene rings is 1. The predicted molar refractivity (Wildman–Crippen MR) is 61.6 cm³/mol. The second kappa shape index (κ2) is 5.92. The zero-order valence-electron chi connectivity index (χ0n) is 9.15. The van der Waals surface area contributed by atoms with Crippen molar-refractivity contribution in [2.75, 3.05) is 0 Å². The second-order valence-corrected chi connectivity index (χ2v) is 3.66. The van der Waals surface area contributed by atoms with Gasteiger partial charge in [0.1, 0.15) is 5.75 Å². The maximum absolute atomic E-state index is 12.7. The molecule has 0 radical (unpaired) electrons. The van der Waals surface area contributed by atoms with Gasteiger partial charge in [0.05, 0.1) is 12.2 Å². The Hall–Kier alpha value is -1.82. The third kappa shape index (κ3) is 3.74. The highest BCUT2D eigenvalue weighted by atomic mass is 19.1. The molecule has 1 rings (SSSR count). The summed E-state index contributed by atoms with van der Waals surface area (Å²) in [7, 11) is 0. The summed E-state index contributed by atoms with van der Waals surface area (Å²) in [4.78, 5) is 0. The number of phenolic OH excluding ortho intramolecular Hbond substituents is 1. The lowest BCUT2D eigenvalue weighted by Crippen LogP contribution is -1.97. The summed E-state index contributed by atoms with van der Waals surface area (Å²) >= 11 is 0. The maximum atomic E-state index is 12.7. The summed E-state index contributed by atoms with van der Waals surface area (Å²) in [5.41, 5.74) is 1.70. The number of halogens is 1. The summed E-state index contributed by atoms with van der Waals surface area (Å²) in [6.45, 7) is 1.51. The zero-order chi connectivity index (χ0) is 12.0. The Morgan fingerprint density at radius 2 is 2.31 bits per heavy atom. The van der Waals surface area contributed by atoms with E-state index < -0.39 is 6.17 Å². The van der Waals surface area contributed by atoms with Crippen LogP contribution in [0, 0.1) is 11.3 Å². The molecule has 1 N–H and O–H groups in total. The molecule has 0 saturated carbocycles. The average molecular weight is 219 g/mol. The molecule has 0 fully saturated rings.